The Morgan fingerprint density at radius 3 is 2.34 bits per heavy atom. The molecule has 2 saturated heterocycles. The van der Waals surface area contributed by atoms with Crippen LogP contribution in [0.1, 0.15) is 125 Å². The standard InChI is InChI=1S/C44H48F3N7O7S/c1-43(2,61)35-29(50-38(57)28-7-4-8-32(49-28)44(45,46)47)21-31-36(37(35)56)52-40(62-31)25-11-9-24(10-12-25)22-53-19-16-23(17-20-53)15-18-48-27-6-3-5-26-34(27)42(60)54(41(26)59)30-13-14-33(55)51-39(30)58/h3-8,21,23-25,30,48,56,61H,9-20,22H2,1-2H3,(H,50,57)(H,51,55,58). The summed E-state index contributed by atoms with van der Waals surface area (Å²) < 4.78 is 40.4. The van der Waals surface area contributed by atoms with E-state index in [1.165, 1.54) is 25.2 Å². The van der Waals surface area contributed by atoms with Crippen molar-refractivity contribution >= 4 is 62.5 Å². The van der Waals surface area contributed by atoms with Gasteiger partial charge in [0.05, 0.1) is 37.7 Å². The van der Waals surface area contributed by atoms with Crippen molar-refractivity contribution in [2.24, 2.45) is 11.8 Å². The molecule has 1 atom stereocenters. The number of thiazole rings is 1. The van der Waals surface area contributed by atoms with Crippen LogP contribution in [0.15, 0.2) is 42.5 Å². The van der Waals surface area contributed by atoms with Crippen LogP contribution in [0.5, 0.6) is 5.75 Å². The lowest BCUT2D eigenvalue weighted by atomic mass is 9.81. The summed E-state index contributed by atoms with van der Waals surface area (Å²) in [7, 11) is 0. The highest BCUT2D eigenvalue weighted by atomic mass is 32.1. The highest BCUT2D eigenvalue weighted by Crippen LogP contribution is 2.46. The van der Waals surface area contributed by atoms with E-state index in [-0.39, 0.29) is 46.9 Å². The van der Waals surface area contributed by atoms with Crippen LogP contribution < -0.4 is 16.0 Å². The summed E-state index contributed by atoms with van der Waals surface area (Å²) in [4.78, 5) is 75.7. The number of phenolic OH excluding ortho intramolecular Hbond substituents is 1. The van der Waals surface area contributed by atoms with Crippen molar-refractivity contribution in [3.05, 3.63) is 75.6 Å². The van der Waals surface area contributed by atoms with Crippen LogP contribution in [-0.2, 0) is 21.4 Å². The van der Waals surface area contributed by atoms with E-state index in [2.05, 4.69) is 25.8 Å². The maximum absolute atomic E-state index is 13.4. The summed E-state index contributed by atoms with van der Waals surface area (Å²) in [5.41, 5.74) is -1.87. The number of halogens is 3. The molecule has 328 valence electrons. The number of carbonyl (C=O) groups is 5. The van der Waals surface area contributed by atoms with Gasteiger partial charge in [-0.3, -0.25) is 34.2 Å². The molecule has 2 aromatic carbocycles. The third-order valence-electron chi connectivity index (χ3n) is 12.6. The van der Waals surface area contributed by atoms with Gasteiger partial charge < -0.3 is 25.7 Å². The zero-order chi connectivity index (χ0) is 44.1. The second kappa shape index (κ2) is 17.0. The quantitative estimate of drug-likeness (QED) is 0.0997. The Labute approximate surface area is 359 Å². The van der Waals surface area contributed by atoms with E-state index >= 15 is 0 Å². The molecule has 1 saturated carbocycles. The van der Waals surface area contributed by atoms with Crippen molar-refractivity contribution in [3.8, 4) is 5.75 Å². The molecule has 5 N–H and O–H groups in total. The first-order valence-corrected chi connectivity index (χ1v) is 21.8. The zero-order valence-corrected chi connectivity index (χ0v) is 35.1. The Hall–Kier alpha value is -5.46. The zero-order valence-electron chi connectivity index (χ0n) is 34.3. The number of nitrogens with zero attached hydrogens (tertiary/aromatic N) is 4. The highest BCUT2D eigenvalue weighted by Gasteiger charge is 2.46. The first-order chi connectivity index (χ1) is 29.5. The van der Waals surface area contributed by atoms with Crippen LogP contribution in [0.3, 0.4) is 0 Å². The molecular weight excluding hydrogens is 828 g/mol. The minimum absolute atomic E-state index is 0.000422. The molecule has 5 heterocycles. The van der Waals surface area contributed by atoms with E-state index in [0.29, 0.717) is 34.3 Å². The number of amides is 5. The van der Waals surface area contributed by atoms with Gasteiger partial charge in [0, 0.05) is 31.1 Å². The molecule has 0 bridgehead atoms. The first kappa shape index (κ1) is 43.2. The lowest BCUT2D eigenvalue weighted by Crippen LogP contribution is -2.54. The first-order valence-electron chi connectivity index (χ1n) is 21.0. The van der Waals surface area contributed by atoms with E-state index in [0.717, 1.165) is 92.7 Å². The van der Waals surface area contributed by atoms with Gasteiger partial charge in [-0.2, -0.15) is 13.2 Å². The Bertz CT molecular complexity index is 2430. The predicted molar refractivity (Wildman–Crippen MR) is 224 cm³/mol. The minimum atomic E-state index is -4.74. The average molecular weight is 876 g/mol. The van der Waals surface area contributed by atoms with Gasteiger partial charge in [-0.15, -0.1) is 11.3 Å². The number of piperidine rings is 2. The molecule has 8 rings (SSSR count). The number of carbonyl (C=O) groups excluding carboxylic acids is 5. The number of pyridine rings is 1. The van der Waals surface area contributed by atoms with Gasteiger partial charge in [-0.05, 0) is 120 Å². The van der Waals surface area contributed by atoms with E-state index < -0.39 is 58.7 Å². The summed E-state index contributed by atoms with van der Waals surface area (Å²) in [6.07, 6.45) is 2.28. The number of likely N-dealkylation sites (tertiary alicyclic amines) is 1. The summed E-state index contributed by atoms with van der Waals surface area (Å²) in [6, 6.07) is 8.69. The molecule has 62 heavy (non-hydrogen) atoms. The number of aromatic hydroxyl groups is 1. The predicted octanol–water partition coefficient (Wildman–Crippen LogP) is 6.78. The van der Waals surface area contributed by atoms with E-state index in [9.17, 15) is 47.4 Å². The van der Waals surface area contributed by atoms with Gasteiger partial charge in [0.1, 0.15) is 22.9 Å². The molecule has 1 unspecified atom stereocenters. The van der Waals surface area contributed by atoms with E-state index in [4.69, 9.17) is 4.98 Å². The van der Waals surface area contributed by atoms with Crippen LogP contribution in [0.25, 0.3) is 10.2 Å². The van der Waals surface area contributed by atoms with E-state index in [1.807, 2.05) is 0 Å². The minimum Gasteiger partial charge on any atom is -0.505 e. The second-order valence-corrected chi connectivity index (χ2v) is 18.4. The summed E-state index contributed by atoms with van der Waals surface area (Å²) >= 11 is 1.39. The Morgan fingerprint density at radius 1 is 0.919 bits per heavy atom. The lowest BCUT2D eigenvalue weighted by Gasteiger charge is -2.36. The van der Waals surface area contributed by atoms with Gasteiger partial charge >= 0.3 is 6.18 Å². The fourth-order valence-corrected chi connectivity index (χ4v) is 10.5. The summed E-state index contributed by atoms with van der Waals surface area (Å²) in [6.45, 7) is 6.49. The third-order valence-corrected chi connectivity index (χ3v) is 13.7. The molecule has 14 nitrogen and oxygen atoms in total. The third kappa shape index (κ3) is 8.77. The number of hydrogen-bond acceptors (Lipinski definition) is 12. The lowest BCUT2D eigenvalue weighted by molar-refractivity contribution is -0.141. The number of hydrogen-bond donors (Lipinski definition) is 5. The Morgan fingerprint density at radius 2 is 1.65 bits per heavy atom. The molecule has 4 aliphatic rings. The molecule has 4 aromatic rings. The summed E-state index contributed by atoms with van der Waals surface area (Å²) in [5, 5.41) is 31.4. The molecule has 0 radical (unpaired) electrons. The number of aliphatic hydroxyl groups is 1. The maximum atomic E-state index is 13.4. The molecule has 0 spiro atoms. The Kier molecular flexibility index (Phi) is 11.9. The molecular formula is C44H48F3N7O7S. The van der Waals surface area contributed by atoms with Gasteiger partial charge in [0.25, 0.3) is 17.7 Å². The number of anilines is 2. The van der Waals surface area contributed by atoms with Crippen molar-refractivity contribution in [1.29, 1.82) is 0 Å². The second-order valence-electron chi connectivity index (χ2n) is 17.3. The fraction of sp³-hybridized carbons (Fsp3) is 0.477. The molecule has 2 aromatic heterocycles. The molecule has 18 heteroatoms. The fourth-order valence-electron chi connectivity index (χ4n) is 9.35. The number of rotatable bonds is 11. The number of alkyl halides is 3. The smallest absolute Gasteiger partial charge is 0.433 e. The van der Waals surface area contributed by atoms with Crippen LogP contribution in [-0.4, -0.2) is 91.7 Å². The van der Waals surface area contributed by atoms with Gasteiger partial charge in [0.15, 0.2) is 5.75 Å². The van der Waals surface area contributed by atoms with Crippen molar-refractivity contribution in [2.75, 3.05) is 36.8 Å². The average Bonchev–Trinajstić information content (AvgIpc) is 3.77. The topological polar surface area (TPSA) is 194 Å². The van der Waals surface area contributed by atoms with Gasteiger partial charge in [0.2, 0.25) is 11.8 Å². The monoisotopic (exact) mass is 875 g/mol. The number of phenols is 1. The van der Waals surface area contributed by atoms with E-state index in [1.54, 1.807) is 24.3 Å². The molecule has 1 aliphatic carbocycles. The maximum Gasteiger partial charge on any atom is 0.433 e. The molecule has 5 amide bonds. The molecule has 3 fully saturated rings. The highest BCUT2D eigenvalue weighted by molar-refractivity contribution is 7.18. The number of benzene rings is 2. The van der Waals surface area contributed by atoms with Crippen LogP contribution in [0.2, 0.25) is 0 Å². The molecule has 3 aliphatic heterocycles. The number of fused-ring (bicyclic) bond motifs is 2. The summed E-state index contributed by atoms with van der Waals surface area (Å²) in [5.74, 6) is -2.13. The van der Waals surface area contributed by atoms with Crippen molar-refractivity contribution in [1.82, 2.24) is 25.1 Å². The largest absolute Gasteiger partial charge is 0.505 e. The van der Waals surface area contributed by atoms with Crippen molar-refractivity contribution in [3.63, 3.8) is 0 Å². The van der Waals surface area contributed by atoms with Crippen molar-refractivity contribution < 1.29 is 47.4 Å². The van der Waals surface area contributed by atoms with Crippen LogP contribution in [0, 0.1) is 11.8 Å². The number of imide groups is 2. The number of aromatic nitrogens is 2. The Balaban J connectivity index is 0.824. The van der Waals surface area contributed by atoms with Crippen molar-refractivity contribution in [2.45, 2.75) is 95.4 Å². The number of nitrogens with one attached hydrogen (secondary N) is 3. The van der Waals surface area contributed by atoms with Crippen LogP contribution in [0.4, 0.5) is 24.5 Å². The normalized spacial score (nSPS) is 21.6. The van der Waals surface area contributed by atoms with Gasteiger partial charge in [-0.1, -0.05) is 12.1 Å². The SMILES string of the molecule is CC(C)(O)c1c(NC(=O)c2cccc(C(F)(F)F)n2)cc2sc(C3CCC(CN4CCC(CCNc5cccc6c5C(=O)N(C5CCC(=O)NC5=O)C6=O)CC4)CC3)nc2c1O. The van der Waals surface area contributed by atoms with Gasteiger partial charge in [-0.25, -0.2) is 9.97 Å². The van der Waals surface area contributed by atoms with Crippen LogP contribution >= 0.6 is 11.3 Å².